The molecule has 2 nitrogen and oxygen atoms in total. The van der Waals surface area contributed by atoms with Gasteiger partial charge in [-0.05, 0) is 82.1 Å². The predicted molar refractivity (Wildman–Crippen MR) is 182 cm³/mol. The first kappa shape index (κ1) is 25.1. The molecule has 1 aromatic heterocycles. The molecular weight excluding hydrogens is 522 g/mol. The van der Waals surface area contributed by atoms with Crippen LogP contribution < -0.4 is 4.90 Å². The molecule has 0 N–H and O–H groups in total. The largest absolute Gasteiger partial charge is 0.456 e. The van der Waals surface area contributed by atoms with Gasteiger partial charge in [-0.25, -0.2) is 0 Å². The summed E-state index contributed by atoms with van der Waals surface area (Å²) in [6.07, 6.45) is 0. The molecular formula is C41H29NO. The number of aryl methyl sites for hydroxylation is 1. The van der Waals surface area contributed by atoms with E-state index in [4.69, 9.17) is 4.42 Å². The van der Waals surface area contributed by atoms with E-state index in [0.29, 0.717) is 0 Å². The van der Waals surface area contributed by atoms with E-state index in [0.717, 1.165) is 44.9 Å². The maximum absolute atomic E-state index is 6.38. The minimum absolute atomic E-state index is 0.910. The van der Waals surface area contributed by atoms with E-state index in [1.807, 2.05) is 12.1 Å². The summed E-state index contributed by atoms with van der Waals surface area (Å²) < 4.78 is 6.38. The molecule has 0 bridgehead atoms. The van der Waals surface area contributed by atoms with Crippen molar-refractivity contribution in [3.05, 3.63) is 163 Å². The summed E-state index contributed by atoms with van der Waals surface area (Å²) in [6.45, 7) is 2.14. The molecule has 0 amide bonds. The van der Waals surface area contributed by atoms with Gasteiger partial charge in [0.15, 0.2) is 0 Å². The topological polar surface area (TPSA) is 16.4 Å². The molecule has 43 heavy (non-hydrogen) atoms. The Morgan fingerprint density at radius 3 is 1.88 bits per heavy atom. The lowest BCUT2D eigenvalue weighted by Crippen LogP contribution is -2.10. The first-order chi connectivity index (χ1) is 21.2. The van der Waals surface area contributed by atoms with Crippen molar-refractivity contribution in [1.29, 1.82) is 0 Å². The van der Waals surface area contributed by atoms with Gasteiger partial charge in [0.25, 0.3) is 0 Å². The van der Waals surface area contributed by atoms with Gasteiger partial charge in [-0.3, -0.25) is 0 Å². The number of furan rings is 1. The van der Waals surface area contributed by atoms with Crippen molar-refractivity contribution in [1.82, 2.24) is 0 Å². The first-order valence-corrected chi connectivity index (χ1v) is 14.7. The smallest absolute Gasteiger partial charge is 0.138 e. The van der Waals surface area contributed by atoms with Gasteiger partial charge < -0.3 is 9.32 Å². The Bertz CT molecular complexity index is 2240. The summed E-state index contributed by atoms with van der Waals surface area (Å²) in [7, 11) is 0. The molecule has 0 unspecified atom stereocenters. The molecule has 0 radical (unpaired) electrons. The molecule has 0 fully saturated rings. The molecule has 8 aromatic rings. The molecule has 0 spiro atoms. The van der Waals surface area contributed by atoms with Gasteiger partial charge in [-0.2, -0.15) is 0 Å². The minimum atomic E-state index is 0.910. The Hall–Kier alpha value is -5.60. The van der Waals surface area contributed by atoms with Crippen LogP contribution in [0.25, 0.3) is 55.0 Å². The lowest BCUT2D eigenvalue weighted by Gasteiger charge is -2.26. The molecule has 0 aliphatic heterocycles. The standard InChI is InChI=1S/C41H29NO/c1-28-37-15-7-8-17-40(37)43-41(28)33-13-9-14-35(27-33)42(34-22-20-30(21-23-34)29-10-3-2-4-11-29)36-24-25-39-32(26-36)19-18-31-12-5-6-16-38(31)39/h2-27H,1H3. The Labute approximate surface area is 251 Å². The molecule has 0 atom stereocenters. The molecule has 0 aliphatic rings. The van der Waals surface area contributed by atoms with Gasteiger partial charge in [0, 0.05) is 33.6 Å². The number of benzene rings is 7. The Balaban J connectivity index is 1.29. The average molecular weight is 552 g/mol. The molecule has 1 heterocycles. The van der Waals surface area contributed by atoms with Crippen molar-refractivity contribution < 1.29 is 4.42 Å². The zero-order valence-electron chi connectivity index (χ0n) is 23.9. The second-order valence-electron chi connectivity index (χ2n) is 11.0. The number of hydrogen-bond acceptors (Lipinski definition) is 2. The predicted octanol–water partition coefficient (Wildman–Crippen LogP) is 11.9. The van der Waals surface area contributed by atoms with Crippen molar-refractivity contribution in [3.8, 4) is 22.5 Å². The van der Waals surface area contributed by atoms with E-state index in [-0.39, 0.29) is 0 Å². The first-order valence-electron chi connectivity index (χ1n) is 14.7. The zero-order chi connectivity index (χ0) is 28.8. The van der Waals surface area contributed by atoms with Crippen LogP contribution in [-0.4, -0.2) is 0 Å². The van der Waals surface area contributed by atoms with Gasteiger partial charge in [0.2, 0.25) is 0 Å². The van der Waals surface area contributed by atoms with Gasteiger partial charge in [-0.15, -0.1) is 0 Å². The van der Waals surface area contributed by atoms with Crippen LogP contribution in [0.15, 0.2) is 162 Å². The number of rotatable bonds is 5. The van der Waals surface area contributed by atoms with Crippen LogP contribution in [0.5, 0.6) is 0 Å². The lowest BCUT2D eigenvalue weighted by molar-refractivity contribution is 0.629. The van der Waals surface area contributed by atoms with E-state index >= 15 is 0 Å². The van der Waals surface area contributed by atoms with E-state index in [9.17, 15) is 0 Å². The minimum Gasteiger partial charge on any atom is -0.456 e. The molecule has 8 rings (SSSR count). The molecule has 2 heteroatoms. The molecule has 7 aromatic carbocycles. The highest BCUT2D eigenvalue weighted by molar-refractivity contribution is 6.08. The fourth-order valence-electron chi connectivity index (χ4n) is 6.26. The summed E-state index contributed by atoms with van der Waals surface area (Å²) in [6, 6.07) is 56.1. The van der Waals surface area contributed by atoms with Crippen molar-refractivity contribution in [2.24, 2.45) is 0 Å². The third-order valence-electron chi connectivity index (χ3n) is 8.43. The van der Waals surface area contributed by atoms with E-state index in [2.05, 4.69) is 157 Å². The van der Waals surface area contributed by atoms with Crippen LogP contribution >= 0.6 is 0 Å². The monoisotopic (exact) mass is 551 g/mol. The highest BCUT2D eigenvalue weighted by Crippen LogP contribution is 2.41. The van der Waals surface area contributed by atoms with Crippen LogP contribution in [-0.2, 0) is 0 Å². The van der Waals surface area contributed by atoms with Crippen LogP contribution in [0.3, 0.4) is 0 Å². The second-order valence-corrected chi connectivity index (χ2v) is 11.0. The Morgan fingerprint density at radius 1 is 0.419 bits per heavy atom. The summed E-state index contributed by atoms with van der Waals surface area (Å²) in [5, 5.41) is 6.15. The van der Waals surface area contributed by atoms with Crippen molar-refractivity contribution in [3.63, 3.8) is 0 Å². The fourth-order valence-corrected chi connectivity index (χ4v) is 6.26. The lowest BCUT2D eigenvalue weighted by atomic mass is 10.0. The van der Waals surface area contributed by atoms with Crippen molar-refractivity contribution in [2.45, 2.75) is 6.92 Å². The number of hydrogen-bond donors (Lipinski definition) is 0. The van der Waals surface area contributed by atoms with Crippen molar-refractivity contribution >= 4 is 49.6 Å². The Kier molecular flexibility index (Phi) is 6.05. The van der Waals surface area contributed by atoms with Crippen molar-refractivity contribution in [2.75, 3.05) is 4.90 Å². The molecule has 0 saturated heterocycles. The van der Waals surface area contributed by atoms with E-state index in [1.165, 1.54) is 32.7 Å². The van der Waals surface area contributed by atoms with Crippen LogP contribution in [0.2, 0.25) is 0 Å². The quantitative estimate of drug-likeness (QED) is 0.198. The summed E-state index contributed by atoms with van der Waals surface area (Å²) in [5.74, 6) is 0.910. The molecule has 0 aliphatic carbocycles. The third kappa shape index (κ3) is 4.45. The highest BCUT2D eigenvalue weighted by Gasteiger charge is 2.17. The highest BCUT2D eigenvalue weighted by atomic mass is 16.3. The number of fused-ring (bicyclic) bond motifs is 4. The average Bonchev–Trinajstić information content (AvgIpc) is 3.42. The van der Waals surface area contributed by atoms with Crippen LogP contribution in [0.4, 0.5) is 17.1 Å². The normalized spacial score (nSPS) is 11.4. The third-order valence-corrected chi connectivity index (χ3v) is 8.43. The van der Waals surface area contributed by atoms with Crippen LogP contribution in [0.1, 0.15) is 5.56 Å². The summed E-state index contributed by atoms with van der Waals surface area (Å²) >= 11 is 0. The summed E-state index contributed by atoms with van der Waals surface area (Å²) in [4.78, 5) is 2.34. The fraction of sp³-hybridized carbons (Fsp3) is 0.0244. The maximum atomic E-state index is 6.38. The Morgan fingerprint density at radius 2 is 1.05 bits per heavy atom. The number of nitrogens with zero attached hydrogens (tertiary/aromatic N) is 1. The van der Waals surface area contributed by atoms with Gasteiger partial charge in [0.05, 0.1) is 0 Å². The zero-order valence-corrected chi connectivity index (χ0v) is 23.9. The number of para-hydroxylation sites is 1. The second kappa shape index (κ2) is 10.3. The molecule has 204 valence electrons. The number of anilines is 3. The van der Waals surface area contributed by atoms with Crippen LogP contribution in [0, 0.1) is 6.92 Å². The molecule has 0 saturated carbocycles. The van der Waals surface area contributed by atoms with E-state index < -0.39 is 0 Å². The summed E-state index contributed by atoms with van der Waals surface area (Å²) in [5.41, 5.74) is 8.81. The van der Waals surface area contributed by atoms with Gasteiger partial charge >= 0.3 is 0 Å². The maximum Gasteiger partial charge on any atom is 0.138 e. The van der Waals surface area contributed by atoms with Gasteiger partial charge in [-0.1, -0.05) is 115 Å². The van der Waals surface area contributed by atoms with E-state index in [1.54, 1.807) is 0 Å². The SMILES string of the molecule is Cc1c(-c2cccc(N(c3ccc(-c4ccccc4)cc3)c3ccc4c(ccc5ccccc54)c3)c2)oc2ccccc12. The van der Waals surface area contributed by atoms with Gasteiger partial charge in [0.1, 0.15) is 11.3 Å².